The predicted molar refractivity (Wildman–Crippen MR) is 236 cm³/mol. The summed E-state index contributed by atoms with van der Waals surface area (Å²) in [5.41, 5.74) is 6.97. The average Bonchev–Trinajstić information content (AvgIpc) is 3.95. The molecule has 14 nitrogen and oxygen atoms in total. The van der Waals surface area contributed by atoms with Gasteiger partial charge in [0, 0.05) is 116 Å². The summed E-state index contributed by atoms with van der Waals surface area (Å²) in [4.78, 5) is 41.0. The Hall–Kier alpha value is -6.19. The van der Waals surface area contributed by atoms with Crippen molar-refractivity contribution >= 4 is 39.9 Å². The van der Waals surface area contributed by atoms with Crippen LogP contribution in [0, 0.1) is 11.7 Å². The van der Waals surface area contributed by atoms with E-state index < -0.39 is 11.7 Å². The number of aromatic nitrogens is 5. The van der Waals surface area contributed by atoms with E-state index in [0.717, 1.165) is 68.0 Å². The topological polar surface area (TPSA) is 160 Å². The third-order valence-corrected chi connectivity index (χ3v) is 11.7. The van der Waals surface area contributed by atoms with Gasteiger partial charge in [-0.1, -0.05) is 50.2 Å². The molecule has 318 valence electrons. The minimum Gasteiger partial charge on any atom is -0.372 e. The first-order valence-electron chi connectivity index (χ1n) is 21.1. The van der Waals surface area contributed by atoms with Crippen molar-refractivity contribution in [2.75, 3.05) is 74.5 Å². The lowest BCUT2D eigenvalue weighted by Crippen LogP contribution is -2.49. The first-order valence-corrected chi connectivity index (χ1v) is 21.1. The molecule has 8 rings (SSSR count). The van der Waals surface area contributed by atoms with Crippen LogP contribution in [0.25, 0.3) is 33.4 Å². The van der Waals surface area contributed by atoms with Gasteiger partial charge in [-0.3, -0.25) is 19.6 Å². The second-order valence-electron chi connectivity index (χ2n) is 17.1. The first kappa shape index (κ1) is 41.5. The third-order valence-electron chi connectivity index (χ3n) is 11.7. The number of H-pyrrole nitrogens is 1. The van der Waals surface area contributed by atoms with Crippen LogP contribution in [0.5, 0.6) is 0 Å². The third kappa shape index (κ3) is 9.90. The van der Waals surface area contributed by atoms with Gasteiger partial charge < -0.3 is 30.3 Å². The minimum absolute atomic E-state index is 0.0248. The number of hydrogen-bond acceptors (Lipinski definition) is 11. The van der Waals surface area contributed by atoms with Crippen LogP contribution in [-0.2, 0) is 16.8 Å². The molecule has 0 unspecified atom stereocenters. The molecule has 4 N–H and O–H groups in total. The Labute approximate surface area is 355 Å². The van der Waals surface area contributed by atoms with E-state index in [0.29, 0.717) is 47.2 Å². The molecule has 2 amide bonds. The number of amides is 2. The lowest BCUT2D eigenvalue weighted by Gasteiger charge is -2.40. The van der Waals surface area contributed by atoms with Crippen LogP contribution < -0.4 is 25.8 Å². The van der Waals surface area contributed by atoms with Crippen LogP contribution in [0.1, 0.15) is 62.1 Å². The summed E-state index contributed by atoms with van der Waals surface area (Å²) in [5.74, 6) is -0.0619. The maximum atomic E-state index is 15.4. The second-order valence-corrected chi connectivity index (χ2v) is 17.1. The molecule has 2 saturated heterocycles. The molecule has 0 atom stereocenters. The Balaban J connectivity index is 0.817. The van der Waals surface area contributed by atoms with Crippen LogP contribution in [0.2, 0.25) is 0 Å². The lowest BCUT2D eigenvalue weighted by molar-refractivity contribution is -0.116. The smallest absolute Gasteiger partial charge is 0.315 e. The molecule has 3 aromatic carbocycles. The van der Waals surface area contributed by atoms with E-state index in [2.05, 4.69) is 92.4 Å². The highest BCUT2D eigenvalue weighted by Crippen LogP contribution is 2.32. The summed E-state index contributed by atoms with van der Waals surface area (Å²) in [5, 5.41) is 20.8. The van der Waals surface area contributed by atoms with Gasteiger partial charge in [-0.25, -0.2) is 9.37 Å². The summed E-state index contributed by atoms with van der Waals surface area (Å²) in [7, 11) is 1.85. The van der Waals surface area contributed by atoms with Crippen molar-refractivity contribution in [3.8, 4) is 22.4 Å². The largest absolute Gasteiger partial charge is 0.372 e. The van der Waals surface area contributed by atoms with Crippen LogP contribution in [0.3, 0.4) is 0 Å². The number of fused-ring (bicyclic) bond motifs is 1. The van der Waals surface area contributed by atoms with Gasteiger partial charge in [-0.15, -0.1) is 0 Å². The first-order chi connectivity index (χ1) is 29.5. The Morgan fingerprint density at radius 1 is 0.869 bits per heavy atom. The minimum atomic E-state index is -0.567. The summed E-state index contributed by atoms with van der Waals surface area (Å²) < 4.78 is 20.5. The van der Waals surface area contributed by atoms with Crippen molar-refractivity contribution in [2.24, 2.45) is 5.92 Å². The number of hydrogen-bond donors (Lipinski definition) is 4. The Bertz CT molecular complexity index is 2440. The number of rotatable bonds is 13. The number of nitrogens with one attached hydrogen (secondary N) is 4. The van der Waals surface area contributed by atoms with E-state index in [-0.39, 0.29) is 23.8 Å². The maximum absolute atomic E-state index is 15.4. The SMILES string of the molecule is CNCCC(=O)Nc1ccc(N2CCC(CN3CCN(c4ccc(-c5cnc6[nH]nc(-c7ccc(CNC(=O)c8nc(C(C)(C)C)no8)c(F)c7)c6c5)cc4)CC3)CC2)cc1. The van der Waals surface area contributed by atoms with Gasteiger partial charge >= 0.3 is 11.8 Å². The lowest BCUT2D eigenvalue weighted by atomic mass is 9.95. The summed E-state index contributed by atoms with van der Waals surface area (Å²) in [6.45, 7) is 13.7. The normalized spacial score (nSPS) is 15.4. The van der Waals surface area contributed by atoms with Crippen molar-refractivity contribution in [1.29, 1.82) is 0 Å². The van der Waals surface area contributed by atoms with Gasteiger partial charge in [-0.2, -0.15) is 10.1 Å². The van der Waals surface area contributed by atoms with Crippen LogP contribution >= 0.6 is 0 Å². The van der Waals surface area contributed by atoms with E-state index in [1.165, 1.54) is 30.3 Å². The number of aromatic amines is 1. The summed E-state index contributed by atoms with van der Waals surface area (Å²) >= 11 is 0. The van der Waals surface area contributed by atoms with E-state index >= 15 is 4.39 Å². The van der Waals surface area contributed by atoms with E-state index in [9.17, 15) is 9.59 Å². The van der Waals surface area contributed by atoms with E-state index in [1.54, 1.807) is 12.1 Å². The number of piperidine rings is 1. The highest BCUT2D eigenvalue weighted by molar-refractivity contribution is 5.94. The zero-order valence-electron chi connectivity index (χ0n) is 35.3. The number of benzene rings is 3. The maximum Gasteiger partial charge on any atom is 0.315 e. The molecule has 6 aromatic rings. The van der Waals surface area contributed by atoms with Crippen LogP contribution in [0.15, 0.2) is 83.5 Å². The van der Waals surface area contributed by atoms with Gasteiger partial charge in [0.05, 0.1) is 0 Å². The monoisotopic (exact) mass is 827 g/mol. The van der Waals surface area contributed by atoms with Crippen LogP contribution in [-0.4, -0.2) is 101 Å². The molecule has 0 aliphatic carbocycles. The fourth-order valence-electron chi connectivity index (χ4n) is 8.00. The molecule has 5 heterocycles. The molecule has 0 saturated carbocycles. The number of carbonyl (C=O) groups excluding carboxylic acids is 2. The molecule has 0 bridgehead atoms. The van der Waals surface area contributed by atoms with E-state index in [4.69, 9.17) is 4.52 Å². The molecule has 61 heavy (non-hydrogen) atoms. The summed E-state index contributed by atoms with van der Waals surface area (Å²) in [6, 6.07) is 23.7. The van der Waals surface area contributed by atoms with Gasteiger partial charge in [-0.05, 0) is 79.9 Å². The fourth-order valence-corrected chi connectivity index (χ4v) is 8.00. The highest BCUT2D eigenvalue weighted by Gasteiger charge is 2.26. The molecule has 0 radical (unpaired) electrons. The van der Waals surface area contributed by atoms with Crippen molar-refractivity contribution in [3.05, 3.63) is 102 Å². The highest BCUT2D eigenvalue weighted by atomic mass is 19.1. The number of pyridine rings is 1. The van der Waals surface area contributed by atoms with Gasteiger partial charge in [0.15, 0.2) is 11.5 Å². The standard InChI is InChI=1S/C46H54FN11O3/c1-46(2,3)45-52-44(61-55-45)43(60)50-27-33-6-5-32(26-39(33)47)41-38-25-34(28-49-42(38)54-53-41)31-7-11-36(12-8-31)58-23-21-56(22-24-58)29-30-16-19-57(20-17-30)37-13-9-35(10-14-37)51-40(59)15-18-48-4/h5-14,25-26,28,30,48H,15-24,27,29H2,1-4H3,(H,50,60)(H,51,59)(H,49,53,54). The van der Waals surface area contributed by atoms with Crippen molar-refractivity contribution < 1.29 is 18.5 Å². The number of piperazine rings is 1. The summed E-state index contributed by atoms with van der Waals surface area (Å²) in [6.07, 6.45) is 4.65. The number of halogens is 1. The Morgan fingerprint density at radius 3 is 2.23 bits per heavy atom. The van der Waals surface area contributed by atoms with Gasteiger partial charge in [0.25, 0.3) is 0 Å². The number of anilines is 3. The quantitative estimate of drug-likeness (QED) is 0.0990. The Morgan fingerprint density at radius 2 is 1.56 bits per heavy atom. The number of nitrogens with zero attached hydrogens (tertiary/aromatic N) is 7. The molecule has 0 spiro atoms. The van der Waals surface area contributed by atoms with Gasteiger partial charge in [0.2, 0.25) is 5.91 Å². The fraction of sp³-hybridized carbons (Fsp3) is 0.391. The number of carbonyl (C=O) groups is 2. The molecule has 2 fully saturated rings. The van der Waals surface area contributed by atoms with Gasteiger partial charge in [0.1, 0.15) is 11.5 Å². The molecule has 2 aliphatic heterocycles. The molecule has 2 aliphatic rings. The zero-order valence-corrected chi connectivity index (χ0v) is 35.3. The average molecular weight is 828 g/mol. The second kappa shape index (κ2) is 18.2. The zero-order chi connectivity index (χ0) is 42.5. The van der Waals surface area contributed by atoms with Crippen molar-refractivity contribution in [1.82, 2.24) is 40.9 Å². The van der Waals surface area contributed by atoms with Crippen molar-refractivity contribution in [2.45, 2.75) is 52.0 Å². The molecular formula is C46H54FN11O3. The molecule has 15 heteroatoms. The predicted octanol–water partition coefficient (Wildman–Crippen LogP) is 6.63. The van der Waals surface area contributed by atoms with E-state index in [1.807, 2.05) is 52.2 Å². The van der Waals surface area contributed by atoms with Crippen molar-refractivity contribution in [3.63, 3.8) is 0 Å². The molecule has 3 aromatic heterocycles. The van der Waals surface area contributed by atoms with Crippen LogP contribution in [0.4, 0.5) is 21.5 Å². The Kier molecular flexibility index (Phi) is 12.4. The molecular weight excluding hydrogens is 774 g/mol.